The van der Waals surface area contributed by atoms with E-state index in [0.717, 1.165) is 19.1 Å². The molecule has 5 nitrogen and oxygen atoms in total. The molecule has 1 aliphatic rings. The van der Waals surface area contributed by atoms with Gasteiger partial charge in [0, 0.05) is 13.0 Å². The normalized spacial score (nSPS) is 16.2. The molecule has 1 saturated heterocycles. The molecule has 6 heteroatoms. The largest absolute Gasteiger partial charge is 0.312 e. The first kappa shape index (κ1) is 14.0. The molecule has 1 fully saturated rings. The molecule has 0 aromatic heterocycles. The Morgan fingerprint density at radius 2 is 1.95 bits per heavy atom. The third-order valence-corrected chi connectivity index (χ3v) is 4.83. The molecule has 0 unspecified atom stereocenters. The summed E-state index contributed by atoms with van der Waals surface area (Å²) in [6.45, 7) is 4.22. The number of rotatable bonds is 3. The van der Waals surface area contributed by atoms with E-state index >= 15 is 0 Å². The van der Waals surface area contributed by atoms with Crippen LogP contribution in [0.1, 0.15) is 24.0 Å². The van der Waals surface area contributed by atoms with E-state index in [1.807, 2.05) is 6.92 Å². The Hall–Kier alpha value is -1.40. The van der Waals surface area contributed by atoms with Crippen LogP contribution in [0.15, 0.2) is 17.0 Å². The monoisotopic (exact) mass is 283 g/mol. The summed E-state index contributed by atoms with van der Waals surface area (Å²) in [5, 5.41) is 0. The molecular formula is C13H17NO4S. The average molecular weight is 283 g/mol. The van der Waals surface area contributed by atoms with Crippen LogP contribution in [-0.2, 0) is 19.1 Å². The summed E-state index contributed by atoms with van der Waals surface area (Å²) in [6.07, 6.45) is 1.32. The Labute approximate surface area is 113 Å². The summed E-state index contributed by atoms with van der Waals surface area (Å²) >= 11 is 0. The molecule has 1 aliphatic heterocycles. The Kier molecular flexibility index (Phi) is 3.64. The van der Waals surface area contributed by atoms with Crippen LogP contribution in [0.3, 0.4) is 0 Å². The second-order valence-corrected chi connectivity index (χ2v) is 6.31. The van der Waals surface area contributed by atoms with Crippen LogP contribution in [0, 0.1) is 13.8 Å². The maximum Gasteiger partial charge on any atom is 0.297 e. The highest BCUT2D eigenvalue weighted by atomic mass is 32.2. The molecule has 1 amide bonds. The van der Waals surface area contributed by atoms with Crippen molar-refractivity contribution in [1.29, 1.82) is 0 Å². The molecule has 0 spiro atoms. The van der Waals surface area contributed by atoms with Crippen molar-refractivity contribution in [3.63, 3.8) is 0 Å². The predicted octanol–water partition coefficient (Wildman–Crippen LogP) is 1.77. The maximum atomic E-state index is 11.9. The zero-order valence-electron chi connectivity index (χ0n) is 11.3. The number of carbonyl (C=O) groups excluding carboxylic acids is 1. The number of aryl methyl sites for hydroxylation is 1. The minimum absolute atomic E-state index is 0.0400. The predicted molar refractivity (Wildman–Crippen MR) is 71.7 cm³/mol. The molecule has 1 aromatic rings. The van der Waals surface area contributed by atoms with Gasteiger partial charge in [-0.15, -0.1) is 0 Å². The highest BCUT2D eigenvalue weighted by Crippen LogP contribution is 2.33. The van der Waals surface area contributed by atoms with Gasteiger partial charge in [0.1, 0.15) is 0 Å². The first-order valence-corrected chi connectivity index (χ1v) is 7.50. The number of amides is 1. The number of nitrogens with zero attached hydrogens (tertiary/aromatic N) is 1. The minimum atomic E-state index is -3.75. The van der Waals surface area contributed by atoms with Gasteiger partial charge in [-0.3, -0.25) is 8.98 Å². The second-order valence-electron chi connectivity index (χ2n) is 4.62. The lowest BCUT2D eigenvalue weighted by molar-refractivity contribution is -0.117. The van der Waals surface area contributed by atoms with Gasteiger partial charge in [0.05, 0.1) is 17.7 Å². The smallest absolute Gasteiger partial charge is 0.297 e. The number of hydrogen-bond acceptors (Lipinski definition) is 4. The van der Waals surface area contributed by atoms with Crippen molar-refractivity contribution in [2.24, 2.45) is 0 Å². The summed E-state index contributed by atoms with van der Waals surface area (Å²) in [5.74, 6) is 0.0400. The molecule has 0 aliphatic carbocycles. The van der Waals surface area contributed by atoms with Crippen molar-refractivity contribution in [2.75, 3.05) is 18.6 Å². The Morgan fingerprint density at radius 3 is 2.47 bits per heavy atom. The Morgan fingerprint density at radius 1 is 1.26 bits per heavy atom. The Bertz CT molecular complexity index is 622. The molecule has 0 saturated carbocycles. The van der Waals surface area contributed by atoms with Crippen molar-refractivity contribution >= 4 is 21.7 Å². The van der Waals surface area contributed by atoms with Gasteiger partial charge in [-0.1, -0.05) is 6.07 Å². The van der Waals surface area contributed by atoms with Crippen LogP contribution >= 0.6 is 0 Å². The van der Waals surface area contributed by atoms with Crippen molar-refractivity contribution in [1.82, 2.24) is 0 Å². The fourth-order valence-electron chi connectivity index (χ4n) is 2.48. The molecule has 0 atom stereocenters. The van der Waals surface area contributed by atoms with E-state index in [1.54, 1.807) is 17.9 Å². The number of carbonyl (C=O) groups is 1. The van der Waals surface area contributed by atoms with Gasteiger partial charge in [0.25, 0.3) is 10.1 Å². The van der Waals surface area contributed by atoms with Gasteiger partial charge in [-0.05, 0) is 37.5 Å². The summed E-state index contributed by atoms with van der Waals surface area (Å²) in [6, 6.07) is 3.23. The quantitative estimate of drug-likeness (QED) is 0.793. The number of anilines is 1. The van der Waals surface area contributed by atoms with E-state index in [0.29, 0.717) is 24.2 Å². The Balaban J connectivity index is 2.62. The fourth-order valence-corrected chi connectivity index (χ4v) is 3.36. The highest BCUT2D eigenvalue weighted by Gasteiger charge is 2.27. The van der Waals surface area contributed by atoms with Crippen LogP contribution in [0.2, 0.25) is 0 Å². The summed E-state index contributed by atoms with van der Waals surface area (Å²) in [7, 11) is -2.62. The topological polar surface area (TPSA) is 63.7 Å². The van der Waals surface area contributed by atoms with Gasteiger partial charge in [-0.25, -0.2) is 0 Å². The average Bonchev–Trinajstić information content (AvgIpc) is 2.75. The van der Waals surface area contributed by atoms with E-state index in [2.05, 4.69) is 4.18 Å². The van der Waals surface area contributed by atoms with Crippen molar-refractivity contribution in [2.45, 2.75) is 31.6 Å². The molecule has 0 radical (unpaired) electrons. The third kappa shape index (κ3) is 2.37. The van der Waals surface area contributed by atoms with Crippen molar-refractivity contribution < 1.29 is 17.4 Å². The summed E-state index contributed by atoms with van der Waals surface area (Å²) < 4.78 is 28.3. The molecule has 19 heavy (non-hydrogen) atoms. The summed E-state index contributed by atoms with van der Waals surface area (Å²) in [4.78, 5) is 13.6. The zero-order valence-corrected chi connectivity index (χ0v) is 12.1. The van der Waals surface area contributed by atoms with Crippen LogP contribution in [0.5, 0.6) is 0 Å². The van der Waals surface area contributed by atoms with E-state index < -0.39 is 10.1 Å². The highest BCUT2D eigenvalue weighted by molar-refractivity contribution is 7.86. The zero-order chi connectivity index (χ0) is 14.2. The second kappa shape index (κ2) is 4.94. The van der Waals surface area contributed by atoms with Gasteiger partial charge < -0.3 is 4.90 Å². The maximum absolute atomic E-state index is 11.9. The van der Waals surface area contributed by atoms with Gasteiger partial charge in [-0.2, -0.15) is 8.42 Å². The number of benzene rings is 1. The molecular weight excluding hydrogens is 266 g/mol. The lowest BCUT2D eigenvalue weighted by Crippen LogP contribution is -2.26. The first-order valence-electron chi connectivity index (χ1n) is 6.09. The van der Waals surface area contributed by atoms with E-state index in [1.165, 1.54) is 6.07 Å². The molecule has 0 N–H and O–H groups in total. The SMILES string of the molecule is COS(=O)(=O)c1ccc(C)c(N2CCCC2=O)c1C. The third-order valence-electron chi connectivity index (χ3n) is 3.42. The van der Waals surface area contributed by atoms with Crippen LogP contribution in [-0.4, -0.2) is 28.0 Å². The molecule has 1 aromatic carbocycles. The van der Waals surface area contributed by atoms with Crippen LogP contribution < -0.4 is 4.90 Å². The van der Waals surface area contributed by atoms with Crippen molar-refractivity contribution in [3.05, 3.63) is 23.3 Å². The van der Waals surface area contributed by atoms with Gasteiger partial charge in [0.15, 0.2) is 0 Å². The van der Waals surface area contributed by atoms with Crippen LogP contribution in [0.4, 0.5) is 5.69 Å². The first-order chi connectivity index (χ1) is 8.88. The van der Waals surface area contributed by atoms with Gasteiger partial charge in [0.2, 0.25) is 5.91 Å². The molecule has 2 rings (SSSR count). The number of hydrogen-bond donors (Lipinski definition) is 0. The lowest BCUT2D eigenvalue weighted by Gasteiger charge is -2.22. The molecule has 1 heterocycles. The summed E-state index contributed by atoms with van der Waals surface area (Å²) in [5.41, 5.74) is 2.15. The van der Waals surface area contributed by atoms with Crippen LogP contribution in [0.25, 0.3) is 0 Å². The minimum Gasteiger partial charge on any atom is -0.312 e. The van der Waals surface area contributed by atoms with E-state index in [9.17, 15) is 13.2 Å². The standard InChI is InChI=1S/C13H17NO4S/c1-9-6-7-11(19(16,17)18-3)10(2)13(9)14-8-4-5-12(14)15/h6-7H,4-5,8H2,1-3H3. The molecule has 0 bridgehead atoms. The lowest BCUT2D eigenvalue weighted by atomic mass is 10.1. The van der Waals surface area contributed by atoms with E-state index in [4.69, 9.17) is 0 Å². The molecule has 104 valence electrons. The van der Waals surface area contributed by atoms with E-state index in [-0.39, 0.29) is 10.8 Å². The fraction of sp³-hybridized carbons (Fsp3) is 0.462. The van der Waals surface area contributed by atoms with Gasteiger partial charge >= 0.3 is 0 Å². The van der Waals surface area contributed by atoms with Crippen molar-refractivity contribution in [3.8, 4) is 0 Å².